The Hall–Kier alpha value is -2.41. The van der Waals surface area contributed by atoms with Gasteiger partial charge in [-0.05, 0) is 24.4 Å². The fourth-order valence-corrected chi connectivity index (χ4v) is 1.85. The average molecular weight is 256 g/mol. The lowest BCUT2D eigenvalue weighted by atomic mass is 10.0. The van der Waals surface area contributed by atoms with Crippen molar-refractivity contribution in [3.8, 4) is 6.07 Å². The summed E-state index contributed by atoms with van der Waals surface area (Å²) >= 11 is 0. The van der Waals surface area contributed by atoms with Crippen LogP contribution in [-0.2, 0) is 0 Å². The van der Waals surface area contributed by atoms with Gasteiger partial charge in [-0.1, -0.05) is 24.3 Å². The van der Waals surface area contributed by atoms with Crippen molar-refractivity contribution in [2.24, 2.45) is 5.92 Å². The molecule has 0 saturated carbocycles. The highest BCUT2D eigenvalue weighted by Gasteiger charge is 2.12. The van der Waals surface area contributed by atoms with Gasteiger partial charge >= 0.3 is 0 Å². The Labute approximate surface area is 110 Å². The van der Waals surface area contributed by atoms with Gasteiger partial charge in [0.05, 0.1) is 12.0 Å². The first-order chi connectivity index (χ1) is 9.13. The van der Waals surface area contributed by atoms with Crippen molar-refractivity contribution in [3.63, 3.8) is 0 Å². The molecule has 96 valence electrons. The minimum Gasteiger partial charge on any atom is -0.351 e. The topological polar surface area (TPSA) is 52.9 Å². The lowest BCUT2D eigenvalue weighted by molar-refractivity contribution is 0.0952. The number of carbonyl (C=O) groups excluding carboxylic acids is 1. The fourth-order valence-electron chi connectivity index (χ4n) is 1.85. The number of amides is 1. The Morgan fingerprint density at radius 1 is 1.32 bits per heavy atom. The van der Waals surface area contributed by atoms with Crippen LogP contribution in [0.25, 0.3) is 10.8 Å². The minimum absolute atomic E-state index is 0.254. The predicted molar refractivity (Wildman–Crippen MR) is 71.0 cm³/mol. The van der Waals surface area contributed by atoms with Crippen molar-refractivity contribution < 1.29 is 9.18 Å². The molecular formula is C15H13FN2O. The van der Waals surface area contributed by atoms with E-state index in [2.05, 4.69) is 5.32 Å². The lowest BCUT2D eigenvalue weighted by Crippen LogP contribution is -2.28. The van der Waals surface area contributed by atoms with E-state index in [-0.39, 0.29) is 24.2 Å². The zero-order valence-electron chi connectivity index (χ0n) is 10.5. The maximum absolute atomic E-state index is 13.6. The Morgan fingerprint density at radius 3 is 2.68 bits per heavy atom. The van der Waals surface area contributed by atoms with Crippen LogP contribution < -0.4 is 5.32 Å². The van der Waals surface area contributed by atoms with Crippen LogP contribution in [-0.4, -0.2) is 12.5 Å². The molecule has 0 fully saturated rings. The monoisotopic (exact) mass is 256 g/mol. The molecule has 2 aromatic rings. The Bertz CT molecular complexity index is 661. The molecule has 1 atom stereocenters. The van der Waals surface area contributed by atoms with Crippen molar-refractivity contribution >= 4 is 16.7 Å². The number of carbonyl (C=O) groups is 1. The number of halogens is 1. The standard InChI is InChI=1S/C15H13FN2O/c1-10(8-17)9-18-15(19)13-6-7-14(16)12-5-3-2-4-11(12)13/h2-7,10H,9H2,1H3,(H,18,19). The predicted octanol–water partition coefficient (Wildman–Crippen LogP) is 2.87. The molecule has 0 heterocycles. The average Bonchev–Trinajstić information content (AvgIpc) is 2.45. The maximum Gasteiger partial charge on any atom is 0.251 e. The molecular weight excluding hydrogens is 243 g/mol. The van der Waals surface area contributed by atoms with E-state index in [4.69, 9.17) is 5.26 Å². The van der Waals surface area contributed by atoms with Crippen molar-refractivity contribution in [3.05, 3.63) is 47.8 Å². The summed E-state index contributed by atoms with van der Waals surface area (Å²) in [5, 5.41) is 12.3. The molecule has 4 heteroatoms. The van der Waals surface area contributed by atoms with Crippen LogP contribution in [0.15, 0.2) is 36.4 Å². The highest BCUT2D eigenvalue weighted by atomic mass is 19.1. The summed E-state index contributed by atoms with van der Waals surface area (Å²) in [7, 11) is 0. The Morgan fingerprint density at radius 2 is 2.00 bits per heavy atom. The minimum atomic E-state index is -0.349. The van der Waals surface area contributed by atoms with E-state index in [1.165, 1.54) is 12.1 Å². The summed E-state index contributed by atoms with van der Waals surface area (Å²) in [6.45, 7) is 2.00. The van der Waals surface area contributed by atoms with Gasteiger partial charge in [-0.3, -0.25) is 4.79 Å². The first-order valence-electron chi connectivity index (χ1n) is 5.98. The Balaban J connectivity index is 2.33. The molecule has 0 aliphatic rings. The summed E-state index contributed by atoms with van der Waals surface area (Å²) in [6.07, 6.45) is 0. The van der Waals surface area contributed by atoms with Crippen LogP contribution in [0.2, 0.25) is 0 Å². The first-order valence-corrected chi connectivity index (χ1v) is 5.98. The zero-order chi connectivity index (χ0) is 13.8. The molecule has 0 radical (unpaired) electrons. The summed E-state index contributed by atoms with van der Waals surface area (Å²) in [4.78, 5) is 12.0. The van der Waals surface area contributed by atoms with Crippen LogP contribution in [0.1, 0.15) is 17.3 Å². The van der Waals surface area contributed by atoms with Crippen molar-refractivity contribution in [2.45, 2.75) is 6.92 Å². The smallest absolute Gasteiger partial charge is 0.251 e. The molecule has 1 N–H and O–H groups in total. The van der Waals surface area contributed by atoms with Crippen molar-refractivity contribution in [2.75, 3.05) is 6.54 Å². The van der Waals surface area contributed by atoms with Crippen LogP contribution in [0.3, 0.4) is 0 Å². The first kappa shape index (κ1) is 13.0. The largest absolute Gasteiger partial charge is 0.351 e. The molecule has 0 aliphatic heterocycles. The molecule has 3 nitrogen and oxygen atoms in total. The van der Waals surface area contributed by atoms with Gasteiger partial charge in [0.25, 0.3) is 5.91 Å². The van der Waals surface area contributed by atoms with E-state index in [1.54, 1.807) is 31.2 Å². The van der Waals surface area contributed by atoms with Gasteiger partial charge in [0, 0.05) is 17.5 Å². The second-order valence-corrected chi connectivity index (χ2v) is 4.38. The molecule has 0 aromatic heterocycles. The molecule has 2 aromatic carbocycles. The summed E-state index contributed by atoms with van der Waals surface area (Å²) in [6, 6.07) is 11.6. The second-order valence-electron chi connectivity index (χ2n) is 4.38. The summed E-state index contributed by atoms with van der Waals surface area (Å²) in [5.41, 5.74) is 0.419. The Kier molecular flexibility index (Phi) is 3.76. The van der Waals surface area contributed by atoms with Gasteiger partial charge < -0.3 is 5.32 Å². The van der Waals surface area contributed by atoms with Gasteiger partial charge in [0.15, 0.2) is 0 Å². The van der Waals surface area contributed by atoms with Gasteiger partial charge in [-0.15, -0.1) is 0 Å². The number of rotatable bonds is 3. The van der Waals surface area contributed by atoms with Crippen LogP contribution in [0.4, 0.5) is 4.39 Å². The zero-order valence-corrected chi connectivity index (χ0v) is 10.5. The number of benzene rings is 2. The van der Waals surface area contributed by atoms with Crippen molar-refractivity contribution in [1.82, 2.24) is 5.32 Å². The van der Waals surface area contributed by atoms with E-state index in [0.29, 0.717) is 16.3 Å². The maximum atomic E-state index is 13.6. The van der Waals surface area contributed by atoms with E-state index < -0.39 is 0 Å². The third-order valence-electron chi connectivity index (χ3n) is 2.90. The molecule has 1 unspecified atom stereocenters. The molecule has 0 saturated heterocycles. The molecule has 19 heavy (non-hydrogen) atoms. The highest BCUT2D eigenvalue weighted by Crippen LogP contribution is 2.21. The summed E-state index contributed by atoms with van der Waals surface area (Å²) < 4.78 is 13.6. The number of nitrogens with zero attached hydrogens (tertiary/aromatic N) is 1. The molecule has 0 bridgehead atoms. The van der Waals surface area contributed by atoms with Gasteiger partial charge in [-0.2, -0.15) is 5.26 Å². The second kappa shape index (κ2) is 5.49. The lowest BCUT2D eigenvalue weighted by Gasteiger charge is -2.09. The third-order valence-corrected chi connectivity index (χ3v) is 2.90. The third kappa shape index (κ3) is 2.71. The van der Waals surface area contributed by atoms with E-state index in [9.17, 15) is 9.18 Å². The van der Waals surface area contributed by atoms with E-state index >= 15 is 0 Å². The molecule has 0 aliphatic carbocycles. The molecule has 0 spiro atoms. The van der Waals surface area contributed by atoms with Crippen LogP contribution in [0, 0.1) is 23.1 Å². The number of hydrogen-bond acceptors (Lipinski definition) is 2. The molecule has 1 amide bonds. The quantitative estimate of drug-likeness (QED) is 0.918. The normalized spacial score (nSPS) is 11.8. The number of nitrogens with one attached hydrogen (secondary N) is 1. The SMILES string of the molecule is CC(C#N)CNC(=O)c1ccc(F)c2ccccc12. The number of nitriles is 1. The van der Waals surface area contributed by atoms with Gasteiger partial charge in [0.1, 0.15) is 5.82 Å². The van der Waals surface area contributed by atoms with E-state index in [0.717, 1.165) is 0 Å². The summed E-state index contributed by atoms with van der Waals surface area (Å²) in [5.74, 6) is -0.897. The number of hydrogen-bond donors (Lipinski definition) is 1. The van der Waals surface area contributed by atoms with Gasteiger partial charge in [-0.25, -0.2) is 4.39 Å². The van der Waals surface area contributed by atoms with Crippen LogP contribution in [0.5, 0.6) is 0 Å². The van der Waals surface area contributed by atoms with Crippen LogP contribution >= 0.6 is 0 Å². The van der Waals surface area contributed by atoms with Gasteiger partial charge in [0.2, 0.25) is 0 Å². The van der Waals surface area contributed by atoms with Crippen molar-refractivity contribution in [1.29, 1.82) is 5.26 Å². The highest BCUT2D eigenvalue weighted by molar-refractivity contribution is 6.07. The fraction of sp³-hybridized carbons (Fsp3) is 0.200. The molecule has 2 rings (SSSR count). The van der Waals surface area contributed by atoms with E-state index in [1.807, 2.05) is 6.07 Å². The number of fused-ring (bicyclic) bond motifs is 1.